The van der Waals surface area contributed by atoms with Crippen LogP contribution in [0.3, 0.4) is 0 Å². The van der Waals surface area contributed by atoms with Crippen molar-refractivity contribution in [3.8, 4) is 0 Å². The number of amides is 2. The lowest BCUT2D eigenvalue weighted by molar-refractivity contribution is -0.130. The van der Waals surface area contributed by atoms with Crippen molar-refractivity contribution >= 4 is 24.4 Å². The van der Waals surface area contributed by atoms with Gasteiger partial charge >= 0.3 is 0 Å². The minimum atomic E-state index is -0.706. The lowest BCUT2D eigenvalue weighted by atomic mass is 9.98. The van der Waals surface area contributed by atoms with Crippen molar-refractivity contribution in [2.75, 3.05) is 12.3 Å². The van der Waals surface area contributed by atoms with Crippen molar-refractivity contribution in [2.45, 2.75) is 38.8 Å². The van der Waals surface area contributed by atoms with E-state index in [-0.39, 0.29) is 23.5 Å². The second kappa shape index (κ2) is 10.3. The molecule has 128 valence electrons. The third-order valence-electron chi connectivity index (χ3n) is 3.88. The van der Waals surface area contributed by atoms with Crippen molar-refractivity contribution < 1.29 is 9.59 Å². The largest absolute Gasteiger partial charge is 0.354 e. The van der Waals surface area contributed by atoms with Gasteiger partial charge in [0.15, 0.2) is 0 Å². The predicted molar refractivity (Wildman–Crippen MR) is 96.4 cm³/mol. The van der Waals surface area contributed by atoms with Gasteiger partial charge in [0.1, 0.15) is 6.04 Å². The van der Waals surface area contributed by atoms with Crippen LogP contribution in [-0.4, -0.2) is 36.2 Å². The third kappa shape index (κ3) is 6.62. The van der Waals surface area contributed by atoms with Crippen LogP contribution in [0.2, 0.25) is 0 Å². The van der Waals surface area contributed by atoms with Crippen molar-refractivity contribution in [3.05, 3.63) is 35.9 Å². The van der Waals surface area contributed by atoms with E-state index in [1.807, 2.05) is 44.2 Å². The molecule has 3 atom stereocenters. The third-order valence-corrected chi connectivity index (χ3v) is 4.28. The average molecular weight is 337 g/mol. The molecule has 0 spiro atoms. The van der Waals surface area contributed by atoms with Gasteiger partial charge in [-0.2, -0.15) is 12.6 Å². The summed E-state index contributed by atoms with van der Waals surface area (Å²) in [6.07, 6.45) is 1.54. The number of thiol groups is 1. The highest BCUT2D eigenvalue weighted by Gasteiger charge is 2.27. The Balaban J connectivity index is 2.56. The summed E-state index contributed by atoms with van der Waals surface area (Å²) in [4.78, 5) is 24.3. The van der Waals surface area contributed by atoms with E-state index in [9.17, 15) is 9.59 Å². The molecule has 1 aromatic rings. The molecule has 0 aliphatic carbocycles. The molecule has 5 nitrogen and oxygen atoms in total. The van der Waals surface area contributed by atoms with Crippen LogP contribution in [0, 0.1) is 5.92 Å². The highest BCUT2D eigenvalue weighted by atomic mass is 32.1. The van der Waals surface area contributed by atoms with E-state index >= 15 is 0 Å². The van der Waals surface area contributed by atoms with Gasteiger partial charge in [0.25, 0.3) is 0 Å². The topological polar surface area (TPSA) is 84.2 Å². The Morgan fingerprint density at radius 3 is 2.43 bits per heavy atom. The Labute approximate surface area is 143 Å². The zero-order chi connectivity index (χ0) is 17.2. The highest BCUT2D eigenvalue weighted by Crippen LogP contribution is 2.08. The summed E-state index contributed by atoms with van der Waals surface area (Å²) in [6, 6.07) is 8.66. The van der Waals surface area contributed by atoms with Gasteiger partial charge < -0.3 is 16.4 Å². The number of carbonyl (C=O) groups is 2. The molecule has 6 heteroatoms. The molecular weight excluding hydrogens is 310 g/mol. The zero-order valence-electron chi connectivity index (χ0n) is 13.8. The Hall–Kier alpha value is -1.53. The van der Waals surface area contributed by atoms with Crippen LogP contribution in [0.4, 0.5) is 0 Å². The SMILES string of the molecule is CCC(C)[C@H](NC(=O)[C@@H](N)CS)C(=O)NCCc1ccccc1. The number of hydrogen-bond donors (Lipinski definition) is 4. The van der Waals surface area contributed by atoms with Gasteiger partial charge in [-0.05, 0) is 17.9 Å². The molecular formula is C17H27N3O2S. The maximum absolute atomic E-state index is 12.4. The second-order valence-corrected chi connectivity index (χ2v) is 6.05. The number of nitrogens with two attached hydrogens (primary N) is 1. The summed E-state index contributed by atoms with van der Waals surface area (Å²) in [5, 5.41) is 5.64. The maximum atomic E-state index is 12.4. The number of carbonyl (C=O) groups excluding carboxylic acids is 2. The van der Waals surface area contributed by atoms with E-state index in [4.69, 9.17) is 5.73 Å². The average Bonchev–Trinajstić information content (AvgIpc) is 2.58. The molecule has 4 N–H and O–H groups in total. The van der Waals surface area contributed by atoms with Gasteiger partial charge in [-0.25, -0.2) is 0 Å². The molecule has 0 saturated heterocycles. The number of benzene rings is 1. The van der Waals surface area contributed by atoms with E-state index in [1.54, 1.807) is 0 Å². The standard InChI is InChI=1S/C17H27N3O2S/c1-3-12(2)15(20-16(21)14(18)11-23)17(22)19-10-9-13-7-5-4-6-8-13/h4-8,12,14-15,23H,3,9-11,18H2,1-2H3,(H,19,22)(H,20,21)/t12?,14-,15-/m0/s1. The van der Waals surface area contributed by atoms with E-state index in [1.165, 1.54) is 0 Å². The van der Waals surface area contributed by atoms with E-state index in [2.05, 4.69) is 23.3 Å². The predicted octanol–water partition coefficient (Wildman–Crippen LogP) is 1.13. The fourth-order valence-corrected chi connectivity index (χ4v) is 2.30. The lowest BCUT2D eigenvalue weighted by Gasteiger charge is -2.24. The minimum absolute atomic E-state index is 0.0304. The number of rotatable bonds is 9. The molecule has 0 fully saturated rings. The van der Waals surface area contributed by atoms with Gasteiger partial charge in [0.05, 0.1) is 6.04 Å². The maximum Gasteiger partial charge on any atom is 0.242 e. The van der Waals surface area contributed by atoms with Crippen LogP contribution in [0.15, 0.2) is 30.3 Å². The highest BCUT2D eigenvalue weighted by molar-refractivity contribution is 7.80. The van der Waals surface area contributed by atoms with Crippen molar-refractivity contribution in [3.63, 3.8) is 0 Å². The Morgan fingerprint density at radius 2 is 1.87 bits per heavy atom. The molecule has 0 aliphatic rings. The lowest BCUT2D eigenvalue weighted by Crippen LogP contribution is -2.54. The monoisotopic (exact) mass is 337 g/mol. The van der Waals surface area contributed by atoms with Gasteiger partial charge in [0.2, 0.25) is 11.8 Å². The molecule has 2 amide bonds. The van der Waals surface area contributed by atoms with Crippen LogP contribution in [-0.2, 0) is 16.0 Å². The van der Waals surface area contributed by atoms with Crippen molar-refractivity contribution in [2.24, 2.45) is 11.7 Å². The Kier molecular flexibility index (Phi) is 8.73. The summed E-state index contributed by atoms with van der Waals surface area (Å²) < 4.78 is 0. The number of hydrogen-bond acceptors (Lipinski definition) is 4. The summed E-state index contributed by atoms with van der Waals surface area (Å²) >= 11 is 4.01. The molecule has 1 aromatic carbocycles. The van der Waals surface area contributed by atoms with E-state index in [0.717, 1.165) is 18.4 Å². The summed E-state index contributed by atoms with van der Waals surface area (Å²) in [7, 11) is 0. The van der Waals surface area contributed by atoms with Crippen molar-refractivity contribution in [1.29, 1.82) is 0 Å². The molecule has 0 bridgehead atoms. The first kappa shape index (κ1) is 19.5. The second-order valence-electron chi connectivity index (χ2n) is 5.69. The van der Waals surface area contributed by atoms with Gasteiger partial charge in [-0.3, -0.25) is 9.59 Å². The van der Waals surface area contributed by atoms with Crippen LogP contribution < -0.4 is 16.4 Å². The molecule has 23 heavy (non-hydrogen) atoms. The molecule has 0 aliphatic heterocycles. The molecule has 0 radical (unpaired) electrons. The fourth-order valence-electron chi connectivity index (χ4n) is 2.13. The van der Waals surface area contributed by atoms with Crippen LogP contribution in [0.1, 0.15) is 25.8 Å². The smallest absolute Gasteiger partial charge is 0.242 e. The fraction of sp³-hybridized carbons (Fsp3) is 0.529. The molecule has 0 aromatic heterocycles. The van der Waals surface area contributed by atoms with E-state index < -0.39 is 12.1 Å². The van der Waals surface area contributed by atoms with Crippen molar-refractivity contribution in [1.82, 2.24) is 10.6 Å². The molecule has 1 unspecified atom stereocenters. The van der Waals surface area contributed by atoms with Crippen LogP contribution in [0.5, 0.6) is 0 Å². The van der Waals surface area contributed by atoms with Crippen LogP contribution >= 0.6 is 12.6 Å². The summed E-state index contributed by atoms with van der Waals surface area (Å²) in [5.41, 5.74) is 6.82. The summed E-state index contributed by atoms with van der Waals surface area (Å²) in [6.45, 7) is 4.46. The number of nitrogens with one attached hydrogen (secondary N) is 2. The van der Waals surface area contributed by atoms with Gasteiger partial charge in [-0.15, -0.1) is 0 Å². The Morgan fingerprint density at radius 1 is 1.22 bits per heavy atom. The first-order valence-electron chi connectivity index (χ1n) is 7.98. The van der Waals surface area contributed by atoms with Gasteiger partial charge in [-0.1, -0.05) is 50.6 Å². The first-order valence-corrected chi connectivity index (χ1v) is 8.61. The molecule has 1 rings (SSSR count). The van der Waals surface area contributed by atoms with Gasteiger partial charge in [0, 0.05) is 12.3 Å². The minimum Gasteiger partial charge on any atom is -0.354 e. The van der Waals surface area contributed by atoms with Crippen LogP contribution in [0.25, 0.3) is 0 Å². The molecule has 0 saturated carbocycles. The van der Waals surface area contributed by atoms with E-state index in [0.29, 0.717) is 6.54 Å². The Bertz CT molecular complexity index is 496. The first-order chi connectivity index (χ1) is 11.0. The zero-order valence-corrected chi connectivity index (χ0v) is 14.7. The molecule has 0 heterocycles. The normalized spacial score (nSPS) is 14.6. The quantitative estimate of drug-likeness (QED) is 0.510. The summed E-state index contributed by atoms with van der Waals surface area (Å²) in [5.74, 6) is -0.240.